The largest absolute Gasteiger partial charge is 0.418 e. The summed E-state index contributed by atoms with van der Waals surface area (Å²) in [6, 6.07) is 15.7. The molecule has 1 aromatic heterocycles. The molecule has 130 valence electrons. The number of fused-ring (bicyclic) bond motifs is 2. The molecule has 0 saturated heterocycles. The number of benzene rings is 3. The van der Waals surface area contributed by atoms with Crippen molar-refractivity contribution >= 4 is 33.9 Å². The minimum atomic E-state index is -4.60. The molecule has 0 atom stereocenters. The number of hydrogen-bond donors (Lipinski definition) is 1. The molecule has 0 amide bonds. The van der Waals surface area contributed by atoms with Crippen LogP contribution in [-0.2, 0) is 6.18 Å². The van der Waals surface area contributed by atoms with Crippen molar-refractivity contribution in [3.8, 4) is 5.69 Å². The molecule has 3 aromatic carbocycles. The Morgan fingerprint density at radius 3 is 2.23 bits per heavy atom. The van der Waals surface area contributed by atoms with Crippen LogP contribution in [0.4, 0.5) is 13.2 Å². The lowest BCUT2D eigenvalue weighted by Gasteiger charge is -2.15. The number of alkyl halides is 3. The van der Waals surface area contributed by atoms with Gasteiger partial charge in [-0.1, -0.05) is 36.4 Å². The summed E-state index contributed by atoms with van der Waals surface area (Å²) in [5, 5.41) is 1.99. The van der Waals surface area contributed by atoms with Gasteiger partial charge in [0.2, 0.25) is 0 Å². The molecule has 0 bridgehead atoms. The summed E-state index contributed by atoms with van der Waals surface area (Å²) in [4.78, 5) is 15.9. The van der Waals surface area contributed by atoms with Crippen molar-refractivity contribution in [1.29, 1.82) is 0 Å². The van der Waals surface area contributed by atoms with Gasteiger partial charge in [-0.05, 0) is 47.3 Å². The Kier molecular flexibility index (Phi) is 3.69. The van der Waals surface area contributed by atoms with Crippen LogP contribution in [0.3, 0.4) is 0 Å². The smallest absolute Gasteiger partial charge is 0.331 e. The molecule has 4 aromatic rings. The molecule has 0 spiro atoms. The fraction of sp³-hybridized carbons (Fsp3) is 0.0526. The van der Waals surface area contributed by atoms with E-state index in [1.165, 1.54) is 18.2 Å². The monoisotopic (exact) mass is 372 g/mol. The Bertz CT molecular complexity index is 1270. The average molecular weight is 372 g/mol. The van der Waals surface area contributed by atoms with Gasteiger partial charge in [-0.25, -0.2) is 0 Å². The zero-order valence-corrected chi connectivity index (χ0v) is 14.0. The van der Waals surface area contributed by atoms with Crippen LogP contribution in [0.25, 0.3) is 27.4 Å². The van der Waals surface area contributed by atoms with E-state index in [-0.39, 0.29) is 15.8 Å². The summed E-state index contributed by atoms with van der Waals surface area (Å²) in [6.45, 7) is 0. The summed E-state index contributed by atoms with van der Waals surface area (Å²) >= 11 is 5.19. The molecule has 0 fully saturated rings. The van der Waals surface area contributed by atoms with E-state index in [0.29, 0.717) is 5.52 Å². The van der Waals surface area contributed by atoms with Gasteiger partial charge in [-0.15, -0.1) is 0 Å². The van der Waals surface area contributed by atoms with Gasteiger partial charge in [0.1, 0.15) is 0 Å². The molecular weight excluding hydrogens is 361 g/mol. The third-order valence-corrected chi connectivity index (χ3v) is 4.50. The Morgan fingerprint density at radius 1 is 0.923 bits per heavy atom. The number of aromatic nitrogens is 2. The van der Waals surface area contributed by atoms with Crippen LogP contribution in [0.2, 0.25) is 0 Å². The second kappa shape index (κ2) is 5.81. The number of rotatable bonds is 1. The molecule has 0 unspecified atom stereocenters. The third kappa shape index (κ3) is 2.61. The van der Waals surface area contributed by atoms with E-state index in [4.69, 9.17) is 12.2 Å². The zero-order valence-electron chi connectivity index (χ0n) is 13.2. The van der Waals surface area contributed by atoms with Gasteiger partial charge in [0.15, 0.2) is 4.77 Å². The van der Waals surface area contributed by atoms with E-state index in [2.05, 4.69) is 4.98 Å². The number of aromatic amines is 1. The van der Waals surface area contributed by atoms with Crippen LogP contribution in [0.1, 0.15) is 5.56 Å². The van der Waals surface area contributed by atoms with Crippen LogP contribution in [-0.4, -0.2) is 9.55 Å². The third-order valence-electron chi connectivity index (χ3n) is 4.21. The highest BCUT2D eigenvalue weighted by molar-refractivity contribution is 7.71. The SMILES string of the molecule is O=c1c2cc3ccccc3cc2[nH]c(=S)n1-c1ccccc1C(F)(F)F. The summed E-state index contributed by atoms with van der Waals surface area (Å²) in [5.74, 6) is 0. The minimum Gasteiger partial charge on any atom is -0.331 e. The maximum absolute atomic E-state index is 13.4. The second-order valence-electron chi connectivity index (χ2n) is 5.83. The Labute approximate surface area is 150 Å². The predicted molar refractivity (Wildman–Crippen MR) is 97.2 cm³/mol. The maximum atomic E-state index is 13.4. The first kappa shape index (κ1) is 16.5. The summed E-state index contributed by atoms with van der Waals surface area (Å²) in [6.07, 6.45) is -4.60. The second-order valence-corrected chi connectivity index (χ2v) is 6.22. The molecule has 0 aliphatic heterocycles. The van der Waals surface area contributed by atoms with Crippen molar-refractivity contribution in [1.82, 2.24) is 9.55 Å². The quantitative estimate of drug-likeness (QED) is 0.367. The molecule has 1 N–H and O–H groups in total. The van der Waals surface area contributed by atoms with E-state index in [9.17, 15) is 18.0 Å². The molecule has 0 aliphatic rings. The molecule has 0 saturated carbocycles. The van der Waals surface area contributed by atoms with Gasteiger partial charge in [-0.2, -0.15) is 13.2 Å². The Hall–Kier alpha value is -2.93. The van der Waals surface area contributed by atoms with Crippen LogP contribution >= 0.6 is 12.2 Å². The summed E-state index contributed by atoms with van der Waals surface area (Å²) in [7, 11) is 0. The van der Waals surface area contributed by atoms with Crippen molar-refractivity contribution in [2.24, 2.45) is 0 Å². The number of hydrogen-bond acceptors (Lipinski definition) is 2. The van der Waals surface area contributed by atoms with Crippen molar-refractivity contribution in [2.45, 2.75) is 6.18 Å². The van der Waals surface area contributed by atoms with Gasteiger partial charge < -0.3 is 4.98 Å². The van der Waals surface area contributed by atoms with E-state index < -0.39 is 17.3 Å². The molecule has 1 heterocycles. The normalized spacial score (nSPS) is 12.0. The fourth-order valence-corrected chi connectivity index (χ4v) is 3.32. The highest BCUT2D eigenvalue weighted by Crippen LogP contribution is 2.33. The molecule has 0 radical (unpaired) electrons. The molecule has 4 rings (SSSR count). The van der Waals surface area contributed by atoms with E-state index >= 15 is 0 Å². The molecule has 3 nitrogen and oxygen atoms in total. The van der Waals surface area contributed by atoms with Gasteiger partial charge in [0.25, 0.3) is 5.56 Å². The lowest BCUT2D eigenvalue weighted by Crippen LogP contribution is -2.23. The standard InChI is InChI=1S/C19H11F3N2OS/c20-19(21,22)14-7-3-4-8-16(14)24-17(25)13-9-11-5-1-2-6-12(11)10-15(13)23-18(24)26/h1-10H,(H,23,26). The zero-order chi connectivity index (χ0) is 18.5. The van der Waals surface area contributed by atoms with E-state index in [0.717, 1.165) is 21.4 Å². The highest BCUT2D eigenvalue weighted by atomic mass is 32.1. The molecule has 7 heteroatoms. The van der Waals surface area contributed by atoms with Gasteiger partial charge in [0, 0.05) is 0 Å². The van der Waals surface area contributed by atoms with Crippen molar-refractivity contribution in [2.75, 3.05) is 0 Å². The Balaban J connectivity index is 2.11. The first-order valence-electron chi connectivity index (χ1n) is 7.71. The summed E-state index contributed by atoms with van der Waals surface area (Å²) < 4.78 is 40.9. The van der Waals surface area contributed by atoms with Gasteiger partial charge in [-0.3, -0.25) is 9.36 Å². The van der Waals surface area contributed by atoms with Crippen molar-refractivity contribution < 1.29 is 13.2 Å². The summed E-state index contributed by atoms with van der Waals surface area (Å²) in [5.41, 5.74) is -1.31. The number of halogens is 3. The Morgan fingerprint density at radius 2 is 1.54 bits per heavy atom. The average Bonchev–Trinajstić information content (AvgIpc) is 2.60. The first-order chi connectivity index (χ1) is 12.4. The number of para-hydroxylation sites is 1. The number of H-pyrrole nitrogens is 1. The fourth-order valence-electron chi connectivity index (χ4n) is 3.03. The minimum absolute atomic E-state index is 0.0884. The van der Waals surface area contributed by atoms with Crippen LogP contribution < -0.4 is 5.56 Å². The number of nitrogens with zero attached hydrogens (tertiary/aromatic N) is 1. The molecule has 0 aliphatic carbocycles. The van der Waals surface area contributed by atoms with E-state index in [1.807, 2.05) is 24.3 Å². The van der Waals surface area contributed by atoms with E-state index in [1.54, 1.807) is 12.1 Å². The van der Waals surface area contributed by atoms with Crippen molar-refractivity contribution in [3.63, 3.8) is 0 Å². The topological polar surface area (TPSA) is 37.8 Å². The maximum Gasteiger partial charge on any atom is 0.418 e. The molecule has 26 heavy (non-hydrogen) atoms. The van der Waals surface area contributed by atoms with Crippen LogP contribution in [0.5, 0.6) is 0 Å². The highest BCUT2D eigenvalue weighted by Gasteiger charge is 2.34. The lowest BCUT2D eigenvalue weighted by molar-refractivity contribution is -0.137. The van der Waals surface area contributed by atoms with Crippen LogP contribution in [0, 0.1) is 4.77 Å². The lowest BCUT2D eigenvalue weighted by atomic mass is 10.1. The predicted octanol–water partition coefficient (Wildman–Crippen LogP) is 5.22. The molecular formula is C19H11F3N2OS. The number of nitrogens with one attached hydrogen (secondary N) is 1. The first-order valence-corrected chi connectivity index (χ1v) is 8.11. The van der Waals surface area contributed by atoms with Gasteiger partial charge in [0.05, 0.1) is 22.2 Å². The van der Waals surface area contributed by atoms with Gasteiger partial charge >= 0.3 is 6.18 Å². The van der Waals surface area contributed by atoms with Crippen LogP contribution in [0.15, 0.2) is 65.5 Å². The van der Waals surface area contributed by atoms with Crippen molar-refractivity contribution in [3.05, 3.63) is 81.4 Å².